The first-order valence-corrected chi connectivity index (χ1v) is 7.42. The number of para-hydroxylation sites is 1. The largest absolute Gasteiger partial charge is 0.375 e. The lowest BCUT2D eigenvalue weighted by Gasteiger charge is -2.36. The Bertz CT molecular complexity index is 390. The fraction of sp³-hybridized carbons (Fsp3) is 0.625. The zero-order chi connectivity index (χ0) is 13.7. The first kappa shape index (κ1) is 14.4. The van der Waals surface area contributed by atoms with Gasteiger partial charge in [-0.15, -0.1) is 0 Å². The van der Waals surface area contributed by atoms with E-state index in [0.29, 0.717) is 12.1 Å². The lowest BCUT2D eigenvalue weighted by atomic mass is 10.0. The minimum absolute atomic E-state index is 0.372. The molecule has 19 heavy (non-hydrogen) atoms. The molecule has 0 radical (unpaired) electrons. The van der Waals surface area contributed by atoms with E-state index < -0.39 is 0 Å². The quantitative estimate of drug-likeness (QED) is 0.883. The molecule has 1 N–H and O–H groups in total. The van der Waals surface area contributed by atoms with Gasteiger partial charge < -0.3 is 15.0 Å². The van der Waals surface area contributed by atoms with E-state index >= 15 is 0 Å². The second-order valence-electron chi connectivity index (χ2n) is 5.16. The Hall–Kier alpha value is -1.06. The summed E-state index contributed by atoms with van der Waals surface area (Å²) in [5, 5.41) is 3.41. The third kappa shape index (κ3) is 3.28. The Kier molecular flexibility index (Phi) is 5.23. The highest BCUT2D eigenvalue weighted by Crippen LogP contribution is 2.29. The van der Waals surface area contributed by atoms with Crippen LogP contribution < -0.4 is 10.2 Å². The number of morpholine rings is 1. The van der Waals surface area contributed by atoms with Crippen molar-refractivity contribution in [3.63, 3.8) is 0 Å². The van der Waals surface area contributed by atoms with Gasteiger partial charge in [0.25, 0.3) is 0 Å². The molecule has 1 aliphatic heterocycles. The molecule has 0 spiro atoms. The SMILES string of the molecule is CCC1CN(c2ccccc2C(CC)NC)CCO1. The van der Waals surface area contributed by atoms with Crippen molar-refractivity contribution in [1.29, 1.82) is 0 Å². The van der Waals surface area contributed by atoms with Crippen molar-refractivity contribution in [3.05, 3.63) is 29.8 Å². The molecule has 3 heteroatoms. The smallest absolute Gasteiger partial charge is 0.0748 e. The Morgan fingerprint density at radius 3 is 2.84 bits per heavy atom. The molecule has 0 saturated carbocycles. The molecule has 1 aromatic carbocycles. The van der Waals surface area contributed by atoms with Gasteiger partial charge in [0.05, 0.1) is 12.7 Å². The van der Waals surface area contributed by atoms with Crippen molar-refractivity contribution < 1.29 is 4.74 Å². The molecule has 0 amide bonds. The highest BCUT2D eigenvalue weighted by Gasteiger charge is 2.22. The molecule has 2 unspecified atom stereocenters. The van der Waals surface area contributed by atoms with Crippen LogP contribution in [-0.2, 0) is 4.74 Å². The van der Waals surface area contributed by atoms with E-state index in [1.54, 1.807) is 0 Å². The fourth-order valence-electron chi connectivity index (χ4n) is 2.83. The first-order valence-electron chi connectivity index (χ1n) is 7.42. The van der Waals surface area contributed by atoms with Crippen LogP contribution in [0.4, 0.5) is 5.69 Å². The molecule has 1 fully saturated rings. The highest BCUT2D eigenvalue weighted by molar-refractivity contribution is 5.55. The summed E-state index contributed by atoms with van der Waals surface area (Å²) < 4.78 is 5.77. The van der Waals surface area contributed by atoms with Crippen LogP contribution >= 0.6 is 0 Å². The summed E-state index contributed by atoms with van der Waals surface area (Å²) in [5.74, 6) is 0. The third-order valence-electron chi connectivity index (χ3n) is 4.00. The van der Waals surface area contributed by atoms with Gasteiger partial charge in [-0.2, -0.15) is 0 Å². The molecule has 2 atom stereocenters. The average Bonchev–Trinajstić information content (AvgIpc) is 2.49. The normalized spacial score (nSPS) is 21.4. The average molecular weight is 262 g/mol. The van der Waals surface area contributed by atoms with Gasteiger partial charge in [-0.25, -0.2) is 0 Å². The zero-order valence-electron chi connectivity index (χ0n) is 12.4. The van der Waals surface area contributed by atoms with Gasteiger partial charge in [-0.05, 0) is 31.5 Å². The van der Waals surface area contributed by atoms with E-state index in [9.17, 15) is 0 Å². The van der Waals surface area contributed by atoms with Crippen molar-refractivity contribution in [2.24, 2.45) is 0 Å². The number of nitrogens with zero attached hydrogens (tertiary/aromatic N) is 1. The minimum atomic E-state index is 0.372. The van der Waals surface area contributed by atoms with Crippen molar-refractivity contribution in [2.75, 3.05) is 31.6 Å². The van der Waals surface area contributed by atoms with Gasteiger partial charge in [0, 0.05) is 24.8 Å². The molecule has 2 rings (SSSR count). The number of ether oxygens (including phenoxy) is 1. The molecule has 1 aromatic rings. The summed E-state index contributed by atoms with van der Waals surface area (Å²) >= 11 is 0. The lowest BCUT2D eigenvalue weighted by molar-refractivity contribution is 0.0383. The highest BCUT2D eigenvalue weighted by atomic mass is 16.5. The van der Waals surface area contributed by atoms with Gasteiger partial charge >= 0.3 is 0 Å². The predicted molar refractivity (Wildman–Crippen MR) is 80.8 cm³/mol. The number of rotatable bonds is 5. The second kappa shape index (κ2) is 6.92. The van der Waals surface area contributed by atoms with Crippen molar-refractivity contribution in [3.8, 4) is 0 Å². The Labute approximate surface area is 116 Å². The predicted octanol–water partition coefficient (Wildman–Crippen LogP) is 2.97. The van der Waals surface area contributed by atoms with Crippen LogP contribution in [0.2, 0.25) is 0 Å². The standard InChI is InChI=1S/C16H26N2O/c1-4-13-12-18(10-11-19-13)16-9-7-6-8-14(16)15(5-2)17-3/h6-9,13,15,17H,4-5,10-12H2,1-3H3. The Balaban J connectivity index is 2.23. The van der Waals surface area contributed by atoms with Crippen LogP contribution in [0.15, 0.2) is 24.3 Å². The molecule has 0 bridgehead atoms. The molecule has 0 aromatic heterocycles. The van der Waals surface area contributed by atoms with E-state index in [1.165, 1.54) is 11.3 Å². The fourth-order valence-corrected chi connectivity index (χ4v) is 2.83. The van der Waals surface area contributed by atoms with Crippen LogP contribution in [0.1, 0.15) is 38.3 Å². The third-order valence-corrected chi connectivity index (χ3v) is 4.00. The molecule has 106 valence electrons. The Morgan fingerprint density at radius 2 is 2.16 bits per heavy atom. The number of nitrogens with one attached hydrogen (secondary N) is 1. The van der Waals surface area contributed by atoms with Crippen LogP contribution in [0.5, 0.6) is 0 Å². The number of hydrogen-bond acceptors (Lipinski definition) is 3. The van der Waals surface area contributed by atoms with E-state index in [1.807, 2.05) is 7.05 Å². The summed E-state index contributed by atoms with van der Waals surface area (Å²) in [6, 6.07) is 9.19. The summed E-state index contributed by atoms with van der Waals surface area (Å²) in [6.07, 6.45) is 2.56. The molecule has 1 aliphatic rings. The minimum Gasteiger partial charge on any atom is -0.375 e. The van der Waals surface area contributed by atoms with E-state index in [4.69, 9.17) is 4.74 Å². The van der Waals surface area contributed by atoms with Crippen molar-refractivity contribution >= 4 is 5.69 Å². The first-order chi connectivity index (χ1) is 9.30. The Morgan fingerprint density at radius 1 is 1.37 bits per heavy atom. The lowest BCUT2D eigenvalue weighted by Crippen LogP contribution is -2.42. The molecule has 0 aliphatic carbocycles. The molecule has 1 heterocycles. The maximum absolute atomic E-state index is 5.77. The summed E-state index contributed by atoms with van der Waals surface area (Å²) in [7, 11) is 2.04. The van der Waals surface area contributed by atoms with Crippen molar-refractivity contribution in [2.45, 2.75) is 38.8 Å². The van der Waals surface area contributed by atoms with E-state index in [2.05, 4.69) is 48.3 Å². The zero-order valence-corrected chi connectivity index (χ0v) is 12.4. The summed E-state index contributed by atoms with van der Waals surface area (Å²) in [4.78, 5) is 2.48. The molecular weight excluding hydrogens is 236 g/mol. The van der Waals surface area contributed by atoms with Crippen LogP contribution in [-0.4, -0.2) is 32.8 Å². The van der Waals surface area contributed by atoms with E-state index in [-0.39, 0.29) is 0 Å². The van der Waals surface area contributed by atoms with Gasteiger partial charge in [0.1, 0.15) is 0 Å². The van der Waals surface area contributed by atoms with Crippen molar-refractivity contribution in [1.82, 2.24) is 5.32 Å². The number of anilines is 1. The monoisotopic (exact) mass is 262 g/mol. The number of hydrogen-bond donors (Lipinski definition) is 1. The second-order valence-corrected chi connectivity index (χ2v) is 5.16. The molecule has 3 nitrogen and oxygen atoms in total. The topological polar surface area (TPSA) is 24.5 Å². The maximum Gasteiger partial charge on any atom is 0.0748 e. The number of benzene rings is 1. The van der Waals surface area contributed by atoms with Crippen LogP contribution in [0.3, 0.4) is 0 Å². The maximum atomic E-state index is 5.77. The van der Waals surface area contributed by atoms with Gasteiger partial charge in [0.2, 0.25) is 0 Å². The molecule has 1 saturated heterocycles. The van der Waals surface area contributed by atoms with Gasteiger partial charge in [-0.3, -0.25) is 0 Å². The molecular formula is C16H26N2O. The summed E-state index contributed by atoms with van der Waals surface area (Å²) in [5.41, 5.74) is 2.77. The van der Waals surface area contributed by atoms with Crippen LogP contribution in [0, 0.1) is 0 Å². The van der Waals surface area contributed by atoms with Crippen LogP contribution in [0.25, 0.3) is 0 Å². The van der Waals surface area contributed by atoms with E-state index in [0.717, 1.165) is 32.5 Å². The summed E-state index contributed by atoms with van der Waals surface area (Å²) in [6.45, 7) is 7.26. The van der Waals surface area contributed by atoms with Gasteiger partial charge in [0.15, 0.2) is 0 Å². The van der Waals surface area contributed by atoms with Gasteiger partial charge in [-0.1, -0.05) is 32.0 Å².